The second-order valence-electron chi connectivity index (χ2n) is 3.60. The quantitative estimate of drug-likeness (QED) is 0.937. The van der Waals surface area contributed by atoms with Crippen molar-refractivity contribution in [2.45, 2.75) is 13.0 Å². The maximum Gasteiger partial charge on any atom is 0.0702 e. The summed E-state index contributed by atoms with van der Waals surface area (Å²) in [5, 5.41) is 3.34. The van der Waals surface area contributed by atoms with Crippen LogP contribution < -0.4 is 5.32 Å². The van der Waals surface area contributed by atoms with Gasteiger partial charge in [-0.05, 0) is 59.2 Å². The molecule has 1 N–H and O–H groups in total. The van der Waals surface area contributed by atoms with E-state index in [1.54, 1.807) is 11.3 Å². The zero-order valence-electron chi connectivity index (χ0n) is 9.20. The number of pyridine rings is 1. The van der Waals surface area contributed by atoms with Crippen LogP contribution in [0.4, 0.5) is 0 Å². The molecular formula is C12H13BrN2S. The van der Waals surface area contributed by atoms with Gasteiger partial charge in [0.05, 0.1) is 9.83 Å². The van der Waals surface area contributed by atoms with E-state index in [9.17, 15) is 0 Å². The largest absolute Gasteiger partial charge is 0.309 e. The van der Waals surface area contributed by atoms with Gasteiger partial charge in [0.2, 0.25) is 0 Å². The van der Waals surface area contributed by atoms with Crippen LogP contribution in [0.15, 0.2) is 34.4 Å². The molecule has 2 nitrogen and oxygen atoms in total. The van der Waals surface area contributed by atoms with Crippen LogP contribution in [0.2, 0.25) is 0 Å². The summed E-state index contributed by atoms with van der Waals surface area (Å²) >= 11 is 5.25. The van der Waals surface area contributed by atoms with E-state index in [0.717, 1.165) is 3.79 Å². The van der Waals surface area contributed by atoms with Crippen molar-refractivity contribution in [1.29, 1.82) is 0 Å². The van der Waals surface area contributed by atoms with Crippen LogP contribution in [-0.2, 0) is 0 Å². The molecule has 2 aromatic heterocycles. The first-order valence-electron chi connectivity index (χ1n) is 5.05. The molecule has 2 rings (SSSR count). The summed E-state index contributed by atoms with van der Waals surface area (Å²) < 4.78 is 1.16. The first-order chi connectivity index (χ1) is 7.72. The van der Waals surface area contributed by atoms with Crippen LogP contribution in [0.3, 0.4) is 0 Å². The van der Waals surface area contributed by atoms with E-state index >= 15 is 0 Å². The van der Waals surface area contributed by atoms with Crippen LogP contribution >= 0.6 is 27.3 Å². The Bertz CT molecular complexity index is 481. The van der Waals surface area contributed by atoms with Crippen LogP contribution in [0.5, 0.6) is 0 Å². The van der Waals surface area contributed by atoms with E-state index in [1.807, 2.05) is 25.5 Å². The highest BCUT2D eigenvalue weighted by atomic mass is 79.9. The minimum absolute atomic E-state index is 0.227. The summed E-state index contributed by atoms with van der Waals surface area (Å²) in [6.07, 6.45) is 3.76. The summed E-state index contributed by atoms with van der Waals surface area (Å²) in [5.74, 6) is 0. The Hall–Kier alpha value is -0.710. The van der Waals surface area contributed by atoms with Crippen LogP contribution in [0, 0.1) is 6.92 Å². The molecular weight excluding hydrogens is 284 g/mol. The van der Waals surface area contributed by atoms with Gasteiger partial charge in [-0.3, -0.25) is 4.98 Å². The van der Waals surface area contributed by atoms with Gasteiger partial charge in [-0.25, -0.2) is 0 Å². The van der Waals surface area contributed by atoms with Gasteiger partial charge in [-0.15, -0.1) is 11.3 Å². The van der Waals surface area contributed by atoms with Gasteiger partial charge >= 0.3 is 0 Å². The predicted octanol–water partition coefficient (Wildman–Crippen LogP) is 3.52. The molecule has 1 atom stereocenters. The normalized spacial score (nSPS) is 12.7. The van der Waals surface area contributed by atoms with Crippen LogP contribution in [0.1, 0.15) is 22.0 Å². The Morgan fingerprint density at radius 1 is 1.38 bits per heavy atom. The lowest BCUT2D eigenvalue weighted by atomic mass is 10.0. The molecule has 84 valence electrons. The molecule has 0 saturated carbocycles. The summed E-state index contributed by atoms with van der Waals surface area (Å²) in [4.78, 5) is 5.50. The van der Waals surface area contributed by atoms with Crippen molar-refractivity contribution in [3.05, 3.63) is 50.4 Å². The monoisotopic (exact) mass is 296 g/mol. The number of nitrogens with zero attached hydrogens (tertiary/aromatic N) is 1. The Morgan fingerprint density at radius 2 is 2.19 bits per heavy atom. The Labute approximate surface area is 108 Å². The zero-order chi connectivity index (χ0) is 11.5. The molecule has 0 amide bonds. The molecule has 0 radical (unpaired) electrons. The molecule has 16 heavy (non-hydrogen) atoms. The predicted molar refractivity (Wildman–Crippen MR) is 71.9 cm³/mol. The molecule has 0 fully saturated rings. The van der Waals surface area contributed by atoms with E-state index < -0.39 is 0 Å². The molecule has 0 saturated heterocycles. The smallest absolute Gasteiger partial charge is 0.0702 e. The molecule has 0 aliphatic carbocycles. The van der Waals surface area contributed by atoms with Crippen molar-refractivity contribution in [1.82, 2.24) is 10.3 Å². The number of hydrogen-bond acceptors (Lipinski definition) is 3. The zero-order valence-corrected chi connectivity index (χ0v) is 11.6. The summed E-state index contributed by atoms with van der Waals surface area (Å²) in [6, 6.07) is 6.49. The second-order valence-corrected chi connectivity index (χ2v) is 6.09. The minimum atomic E-state index is 0.227. The molecule has 0 aliphatic heterocycles. The van der Waals surface area contributed by atoms with Gasteiger partial charge in [0.1, 0.15) is 0 Å². The fourth-order valence-corrected chi connectivity index (χ4v) is 3.27. The topological polar surface area (TPSA) is 24.9 Å². The van der Waals surface area contributed by atoms with Crippen molar-refractivity contribution in [2.75, 3.05) is 7.05 Å². The molecule has 2 heterocycles. The SMILES string of the molecule is CNC(c1ccc(Br)s1)c1cnccc1C. The third kappa shape index (κ3) is 2.34. The Morgan fingerprint density at radius 3 is 2.75 bits per heavy atom. The third-order valence-electron chi connectivity index (χ3n) is 2.56. The number of halogens is 1. The van der Waals surface area contributed by atoms with E-state index in [4.69, 9.17) is 0 Å². The lowest BCUT2D eigenvalue weighted by Gasteiger charge is -2.16. The van der Waals surface area contributed by atoms with E-state index in [2.05, 4.69) is 45.3 Å². The van der Waals surface area contributed by atoms with Gasteiger partial charge in [0.15, 0.2) is 0 Å². The highest BCUT2D eigenvalue weighted by Gasteiger charge is 2.15. The number of rotatable bonds is 3. The van der Waals surface area contributed by atoms with Crippen LogP contribution in [0.25, 0.3) is 0 Å². The van der Waals surface area contributed by atoms with Gasteiger partial charge in [-0.2, -0.15) is 0 Å². The number of hydrogen-bond donors (Lipinski definition) is 1. The van der Waals surface area contributed by atoms with Gasteiger partial charge in [-0.1, -0.05) is 0 Å². The second kappa shape index (κ2) is 5.08. The lowest BCUT2D eigenvalue weighted by molar-refractivity contribution is 0.696. The maximum absolute atomic E-state index is 4.20. The molecule has 0 aromatic carbocycles. The fraction of sp³-hybridized carbons (Fsp3) is 0.250. The third-order valence-corrected chi connectivity index (χ3v) is 4.25. The molecule has 4 heteroatoms. The first kappa shape index (κ1) is 11.8. The fourth-order valence-electron chi connectivity index (χ4n) is 1.71. The highest BCUT2D eigenvalue weighted by Crippen LogP contribution is 2.31. The van der Waals surface area contributed by atoms with Crippen molar-refractivity contribution in [3.8, 4) is 0 Å². The molecule has 0 spiro atoms. The molecule has 1 unspecified atom stereocenters. The Kier molecular flexibility index (Phi) is 3.74. The van der Waals surface area contributed by atoms with Gasteiger partial charge in [0, 0.05) is 17.3 Å². The number of aromatic nitrogens is 1. The van der Waals surface area contributed by atoms with Crippen LogP contribution in [-0.4, -0.2) is 12.0 Å². The Balaban J connectivity index is 2.40. The number of aryl methyl sites for hydroxylation is 1. The standard InChI is InChI=1S/C12H13BrN2S/c1-8-5-6-15-7-9(8)12(14-2)10-3-4-11(13)16-10/h3-7,12,14H,1-2H3. The van der Waals surface area contributed by atoms with Crippen molar-refractivity contribution in [3.63, 3.8) is 0 Å². The van der Waals surface area contributed by atoms with Gasteiger partial charge < -0.3 is 5.32 Å². The van der Waals surface area contributed by atoms with Crippen molar-refractivity contribution >= 4 is 27.3 Å². The minimum Gasteiger partial charge on any atom is -0.309 e. The summed E-state index contributed by atoms with van der Waals surface area (Å²) in [7, 11) is 1.98. The highest BCUT2D eigenvalue weighted by molar-refractivity contribution is 9.11. The molecule has 0 bridgehead atoms. The first-order valence-corrected chi connectivity index (χ1v) is 6.66. The van der Waals surface area contributed by atoms with E-state index in [0.29, 0.717) is 0 Å². The average Bonchev–Trinajstić information content (AvgIpc) is 2.69. The average molecular weight is 297 g/mol. The molecule has 0 aliphatic rings. The number of nitrogens with one attached hydrogen (secondary N) is 1. The van der Waals surface area contributed by atoms with Crippen molar-refractivity contribution in [2.24, 2.45) is 0 Å². The van der Waals surface area contributed by atoms with Crippen molar-refractivity contribution < 1.29 is 0 Å². The van der Waals surface area contributed by atoms with E-state index in [1.165, 1.54) is 16.0 Å². The summed E-state index contributed by atoms with van der Waals surface area (Å²) in [5.41, 5.74) is 2.50. The number of thiophene rings is 1. The maximum atomic E-state index is 4.20. The molecule has 2 aromatic rings. The van der Waals surface area contributed by atoms with Gasteiger partial charge in [0.25, 0.3) is 0 Å². The summed E-state index contributed by atoms with van der Waals surface area (Å²) in [6.45, 7) is 2.12. The lowest BCUT2D eigenvalue weighted by Crippen LogP contribution is -2.17. The van der Waals surface area contributed by atoms with E-state index in [-0.39, 0.29) is 6.04 Å².